The van der Waals surface area contributed by atoms with E-state index < -0.39 is 10.0 Å². The van der Waals surface area contributed by atoms with Crippen molar-refractivity contribution < 1.29 is 17.9 Å². The molecule has 5 aromatic rings. The largest absolute Gasteiger partial charge is 0.495 e. The number of carbonyl (C=O) groups excluding carboxylic acids is 1. The van der Waals surface area contributed by atoms with Crippen molar-refractivity contribution in [2.24, 2.45) is 0 Å². The van der Waals surface area contributed by atoms with Gasteiger partial charge >= 0.3 is 0 Å². The first kappa shape index (κ1) is 26.7. The number of ether oxygens (including phenoxy) is 1. The molecule has 0 unspecified atom stereocenters. The number of methoxy groups -OCH3 is 1. The fourth-order valence-electron chi connectivity index (χ4n) is 5.28. The van der Waals surface area contributed by atoms with Gasteiger partial charge in [-0.05, 0) is 49.4 Å². The van der Waals surface area contributed by atoms with Crippen LogP contribution in [0.25, 0.3) is 32.6 Å². The molecular weight excluding hydrogens is 510 g/mol. The van der Waals surface area contributed by atoms with Gasteiger partial charge < -0.3 is 14.6 Å². The summed E-state index contributed by atoms with van der Waals surface area (Å²) >= 11 is 0. The van der Waals surface area contributed by atoms with Gasteiger partial charge in [-0.1, -0.05) is 61.0 Å². The molecule has 0 fully saturated rings. The van der Waals surface area contributed by atoms with Gasteiger partial charge in [0.2, 0.25) is 10.0 Å². The molecule has 202 valence electrons. The third-order valence-electron chi connectivity index (χ3n) is 7.13. The van der Waals surface area contributed by atoms with Crippen molar-refractivity contribution in [1.29, 1.82) is 0 Å². The van der Waals surface area contributed by atoms with E-state index in [-0.39, 0.29) is 5.91 Å². The van der Waals surface area contributed by atoms with E-state index in [0.29, 0.717) is 41.1 Å². The molecule has 0 aliphatic rings. The molecule has 0 aliphatic heterocycles. The zero-order valence-corrected chi connectivity index (χ0v) is 23.1. The normalized spacial score (nSPS) is 11.8. The summed E-state index contributed by atoms with van der Waals surface area (Å²) in [5.74, 6) is 0.398. The van der Waals surface area contributed by atoms with Crippen LogP contribution < -0.4 is 14.8 Å². The lowest BCUT2D eigenvalue weighted by Gasteiger charge is -2.12. The number of para-hydroxylation sites is 1. The van der Waals surface area contributed by atoms with Gasteiger partial charge in [0.25, 0.3) is 5.91 Å². The van der Waals surface area contributed by atoms with Crippen LogP contribution in [0.5, 0.6) is 5.75 Å². The highest BCUT2D eigenvalue weighted by Crippen LogP contribution is 2.38. The summed E-state index contributed by atoms with van der Waals surface area (Å²) in [5.41, 5.74) is 2.66. The number of benzene rings is 4. The quantitative estimate of drug-likeness (QED) is 0.204. The number of hydrogen-bond donors (Lipinski definition) is 2. The standard InChI is InChI=1S/C31H33N3O4S/c1-3-34-26-16-8-7-15-24(26)29-27(34)19-18-25(30(29)38-2)31(35)32-20-9-4-10-21-33-39(36,37)28-17-11-13-22-12-5-6-14-23(22)28/h5-8,11-19,33H,3-4,9-10,20-21H2,1-2H3,(H,32,35). The number of hydrogen-bond acceptors (Lipinski definition) is 4. The molecule has 0 saturated heterocycles. The van der Waals surface area contributed by atoms with E-state index in [1.54, 1.807) is 19.2 Å². The lowest BCUT2D eigenvalue weighted by Crippen LogP contribution is -2.26. The maximum absolute atomic E-state index is 13.1. The third-order valence-corrected chi connectivity index (χ3v) is 8.65. The molecule has 1 aromatic heterocycles. The van der Waals surface area contributed by atoms with Gasteiger partial charge in [-0.25, -0.2) is 13.1 Å². The molecule has 1 amide bonds. The van der Waals surface area contributed by atoms with Crippen molar-refractivity contribution in [1.82, 2.24) is 14.6 Å². The summed E-state index contributed by atoms with van der Waals surface area (Å²) in [6.07, 6.45) is 2.19. The Labute approximate surface area is 228 Å². The molecule has 2 N–H and O–H groups in total. The van der Waals surface area contributed by atoms with Crippen molar-refractivity contribution >= 4 is 48.5 Å². The number of fused-ring (bicyclic) bond motifs is 4. The molecular formula is C31H33N3O4S. The van der Waals surface area contributed by atoms with Gasteiger partial charge in [0, 0.05) is 35.9 Å². The highest BCUT2D eigenvalue weighted by Gasteiger charge is 2.20. The predicted octanol–water partition coefficient (Wildman–Crippen LogP) is 5.85. The summed E-state index contributed by atoms with van der Waals surface area (Å²) in [4.78, 5) is 13.4. The Hall–Kier alpha value is -3.88. The van der Waals surface area contributed by atoms with Crippen LogP contribution in [0.1, 0.15) is 36.5 Å². The highest BCUT2D eigenvalue weighted by atomic mass is 32.2. The van der Waals surface area contributed by atoms with Gasteiger partial charge in [0.1, 0.15) is 5.75 Å². The minimum absolute atomic E-state index is 0.182. The van der Waals surface area contributed by atoms with Crippen LogP contribution in [0.15, 0.2) is 83.8 Å². The molecule has 0 saturated carbocycles. The first-order chi connectivity index (χ1) is 19.0. The maximum Gasteiger partial charge on any atom is 0.255 e. The second kappa shape index (κ2) is 11.5. The molecule has 0 spiro atoms. The van der Waals surface area contributed by atoms with Gasteiger partial charge in [0.15, 0.2) is 0 Å². The van der Waals surface area contributed by atoms with E-state index >= 15 is 0 Å². The number of carbonyl (C=O) groups is 1. The molecule has 4 aromatic carbocycles. The van der Waals surface area contributed by atoms with Crippen LogP contribution >= 0.6 is 0 Å². The van der Waals surface area contributed by atoms with Crippen LogP contribution in [0.2, 0.25) is 0 Å². The van der Waals surface area contributed by atoms with Crippen molar-refractivity contribution in [3.8, 4) is 5.75 Å². The van der Waals surface area contributed by atoms with E-state index in [2.05, 4.69) is 33.7 Å². The lowest BCUT2D eigenvalue weighted by atomic mass is 10.1. The van der Waals surface area contributed by atoms with E-state index in [1.807, 2.05) is 54.6 Å². The fourth-order valence-corrected chi connectivity index (χ4v) is 6.58. The Bertz CT molecular complexity index is 1750. The van der Waals surface area contributed by atoms with Gasteiger partial charge in [-0.3, -0.25) is 4.79 Å². The Balaban J connectivity index is 1.17. The fraction of sp³-hybridized carbons (Fsp3) is 0.258. The summed E-state index contributed by atoms with van der Waals surface area (Å²) in [7, 11) is -2.01. The molecule has 0 atom stereocenters. The van der Waals surface area contributed by atoms with Crippen LogP contribution in [0, 0.1) is 0 Å². The molecule has 0 aliphatic carbocycles. The number of nitrogens with zero attached hydrogens (tertiary/aromatic N) is 1. The van der Waals surface area contributed by atoms with Crippen LogP contribution in [0.3, 0.4) is 0 Å². The SMILES string of the molecule is CCn1c2ccccc2c2c(OC)c(C(=O)NCCCCCNS(=O)(=O)c3cccc4ccccc34)ccc21. The molecule has 8 heteroatoms. The Morgan fingerprint density at radius 3 is 2.33 bits per heavy atom. The Kier molecular flexibility index (Phi) is 7.86. The van der Waals surface area contributed by atoms with Gasteiger partial charge in [0.05, 0.1) is 28.5 Å². The zero-order chi connectivity index (χ0) is 27.4. The molecule has 0 bridgehead atoms. The first-order valence-electron chi connectivity index (χ1n) is 13.3. The monoisotopic (exact) mass is 543 g/mol. The summed E-state index contributed by atoms with van der Waals surface area (Å²) < 4.78 is 36.4. The number of aryl methyl sites for hydroxylation is 1. The van der Waals surface area contributed by atoms with Crippen LogP contribution in [0.4, 0.5) is 0 Å². The highest BCUT2D eigenvalue weighted by molar-refractivity contribution is 7.89. The van der Waals surface area contributed by atoms with Crippen molar-refractivity contribution in [2.75, 3.05) is 20.2 Å². The van der Waals surface area contributed by atoms with Crippen molar-refractivity contribution in [2.45, 2.75) is 37.6 Å². The molecule has 7 nitrogen and oxygen atoms in total. The number of amides is 1. The number of rotatable bonds is 11. The Morgan fingerprint density at radius 1 is 0.821 bits per heavy atom. The van der Waals surface area contributed by atoms with Gasteiger partial charge in [-0.2, -0.15) is 0 Å². The first-order valence-corrected chi connectivity index (χ1v) is 14.8. The molecule has 0 radical (unpaired) electrons. The minimum atomic E-state index is -3.61. The number of nitrogens with one attached hydrogen (secondary N) is 2. The van der Waals surface area contributed by atoms with Crippen LogP contribution in [-0.2, 0) is 16.6 Å². The van der Waals surface area contributed by atoms with E-state index in [4.69, 9.17) is 4.74 Å². The third kappa shape index (κ3) is 5.22. The van der Waals surface area contributed by atoms with Crippen molar-refractivity contribution in [3.63, 3.8) is 0 Å². The van der Waals surface area contributed by atoms with Crippen LogP contribution in [-0.4, -0.2) is 39.1 Å². The smallest absolute Gasteiger partial charge is 0.255 e. The zero-order valence-electron chi connectivity index (χ0n) is 22.2. The predicted molar refractivity (Wildman–Crippen MR) is 157 cm³/mol. The average molecular weight is 544 g/mol. The number of sulfonamides is 1. The Morgan fingerprint density at radius 2 is 1.54 bits per heavy atom. The van der Waals surface area contributed by atoms with E-state index in [1.165, 1.54) is 0 Å². The number of unbranched alkanes of at least 4 members (excludes halogenated alkanes) is 2. The van der Waals surface area contributed by atoms with Crippen molar-refractivity contribution in [3.05, 3.63) is 84.4 Å². The minimum Gasteiger partial charge on any atom is -0.495 e. The summed E-state index contributed by atoms with van der Waals surface area (Å²) in [5, 5.41) is 6.61. The second-order valence-electron chi connectivity index (χ2n) is 9.49. The molecule has 5 rings (SSSR count). The topological polar surface area (TPSA) is 89.4 Å². The van der Waals surface area contributed by atoms with E-state index in [0.717, 1.165) is 46.6 Å². The van der Waals surface area contributed by atoms with E-state index in [9.17, 15) is 13.2 Å². The molecule has 39 heavy (non-hydrogen) atoms. The second-order valence-corrected chi connectivity index (χ2v) is 11.2. The summed E-state index contributed by atoms with van der Waals surface area (Å²) in [6, 6.07) is 24.7. The average Bonchev–Trinajstić information content (AvgIpc) is 3.29. The maximum atomic E-state index is 13.1. The lowest BCUT2D eigenvalue weighted by molar-refractivity contribution is 0.0950. The summed E-state index contributed by atoms with van der Waals surface area (Å²) in [6.45, 7) is 3.75. The number of aromatic nitrogens is 1. The van der Waals surface area contributed by atoms with Gasteiger partial charge in [-0.15, -0.1) is 0 Å². The molecule has 1 heterocycles.